The number of carbonyl (C=O) groups excluding carboxylic acids is 1. The largest absolute Gasteiger partial charge is 0.508 e. The van der Waals surface area contributed by atoms with E-state index in [1.807, 2.05) is 0 Å². The van der Waals surface area contributed by atoms with E-state index in [2.05, 4.69) is 34.7 Å². The SMILES string of the molecule is CCCC[C@@H](CC)CNC(=O)CSc1nnnn1-c1ccc(O)cc1. The Labute approximate surface area is 152 Å². The molecule has 1 aromatic heterocycles. The van der Waals surface area contributed by atoms with E-state index >= 15 is 0 Å². The Balaban J connectivity index is 1.84. The van der Waals surface area contributed by atoms with Gasteiger partial charge in [0.1, 0.15) is 5.75 Å². The van der Waals surface area contributed by atoms with E-state index < -0.39 is 0 Å². The van der Waals surface area contributed by atoms with Crippen molar-refractivity contribution in [2.45, 2.75) is 44.7 Å². The lowest BCUT2D eigenvalue weighted by atomic mass is 9.99. The van der Waals surface area contributed by atoms with Crippen molar-refractivity contribution >= 4 is 17.7 Å². The van der Waals surface area contributed by atoms with Gasteiger partial charge < -0.3 is 10.4 Å². The molecule has 2 rings (SSSR count). The van der Waals surface area contributed by atoms with Crippen LogP contribution in [-0.4, -0.2) is 43.5 Å². The highest BCUT2D eigenvalue weighted by Gasteiger charge is 2.13. The fourth-order valence-electron chi connectivity index (χ4n) is 2.41. The molecule has 0 saturated heterocycles. The summed E-state index contributed by atoms with van der Waals surface area (Å²) in [4.78, 5) is 12.1. The van der Waals surface area contributed by atoms with Crippen molar-refractivity contribution in [1.82, 2.24) is 25.5 Å². The second-order valence-corrected chi connectivity index (χ2v) is 6.84. The highest BCUT2D eigenvalue weighted by atomic mass is 32.2. The number of hydrogen-bond donors (Lipinski definition) is 2. The van der Waals surface area contributed by atoms with Gasteiger partial charge in [-0.25, -0.2) is 0 Å². The first-order valence-corrected chi connectivity index (χ1v) is 9.59. The van der Waals surface area contributed by atoms with Crippen LogP contribution < -0.4 is 5.32 Å². The molecule has 0 fully saturated rings. The molecule has 0 bridgehead atoms. The lowest BCUT2D eigenvalue weighted by Crippen LogP contribution is -2.30. The maximum atomic E-state index is 12.1. The molecule has 2 aromatic rings. The standard InChI is InChI=1S/C17H25N5O2S/c1-3-5-6-13(4-2)11-18-16(24)12-25-17-19-20-21-22(17)14-7-9-15(23)10-8-14/h7-10,13,23H,3-6,11-12H2,1-2H3,(H,18,24)/t13-/m1/s1. The second-order valence-electron chi connectivity index (χ2n) is 5.90. The number of unbranched alkanes of at least 4 members (excludes halogenated alkanes) is 1. The van der Waals surface area contributed by atoms with E-state index in [1.165, 1.54) is 24.6 Å². The number of aromatic hydroxyl groups is 1. The number of nitrogens with zero attached hydrogens (tertiary/aromatic N) is 4. The van der Waals surface area contributed by atoms with Crippen LogP contribution in [0.2, 0.25) is 0 Å². The van der Waals surface area contributed by atoms with Gasteiger partial charge in [0.2, 0.25) is 11.1 Å². The first kappa shape index (κ1) is 19.2. The predicted octanol–water partition coefficient (Wildman–Crippen LogP) is 2.79. The molecule has 0 unspecified atom stereocenters. The van der Waals surface area contributed by atoms with Gasteiger partial charge in [0.25, 0.3) is 0 Å². The molecule has 1 heterocycles. The summed E-state index contributed by atoms with van der Waals surface area (Å²) < 4.78 is 1.55. The number of amides is 1. The van der Waals surface area contributed by atoms with Crippen molar-refractivity contribution < 1.29 is 9.90 Å². The van der Waals surface area contributed by atoms with Crippen LogP contribution in [0.25, 0.3) is 5.69 Å². The molecule has 1 atom stereocenters. The van der Waals surface area contributed by atoms with Crippen LogP contribution in [0, 0.1) is 5.92 Å². The van der Waals surface area contributed by atoms with Crippen LogP contribution in [0.1, 0.15) is 39.5 Å². The number of rotatable bonds is 10. The summed E-state index contributed by atoms with van der Waals surface area (Å²) in [5.41, 5.74) is 0.733. The monoisotopic (exact) mass is 363 g/mol. The Bertz CT molecular complexity index is 659. The zero-order chi connectivity index (χ0) is 18.1. The van der Waals surface area contributed by atoms with Crippen LogP contribution in [0.3, 0.4) is 0 Å². The number of nitrogens with one attached hydrogen (secondary N) is 1. The molecule has 0 aliphatic heterocycles. The van der Waals surface area contributed by atoms with Crippen molar-refractivity contribution in [3.8, 4) is 11.4 Å². The maximum Gasteiger partial charge on any atom is 0.230 e. The quantitative estimate of drug-likeness (QED) is 0.631. The fraction of sp³-hybridized carbons (Fsp3) is 0.529. The van der Waals surface area contributed by atoms with Crippen molar-refractivity contribution in [2.75, 3.05) is 12.3 Å². The molecule has 8 heteroatoms. The van der Waals surface area contributed by atoms with Gasteiger partial charge in [-0.2, -0.15) is 4.68 Å². The van der Waals surface area contributed by atoms with E-state index in [0.29, 0.717) is 11.1 Å². The minimum atomic E-state index is -0.0137. The average molecular weight is 363 g/mol. The lowest BCUT2D eigenvalue weighted by molar-refractivity contribution is -0.118. The number of hydrogen-bond acceptors (Lipinski definition) is 6. The van der Waals surface area contributed by atoms with Crippen LogP contribution in [0.4, 0.5) is 0 Å². The molecule has 0 spiro atoms. The van der Waals surface area contributed by atoms with Gasteiger partial charge in [-0.3, -0.25) is 4.79 Å². The Hall–Kier alpha value is -2.09. The van der Waals surface area contributed by atoms with Gasteiger partial charge >= 0.3 is 0 Å². The van der Waals surface area contributed by atoms with Crippen molar-refractivity contribution in [3.05, 3.63) is 24.3 Å². The second kappa shape index (κ2) is 10.0. The van der Waals surface area contributed by atoms with E-state index in [9.17, 15) is 9.90 Å². The molecule has 25 heavy (non-hydrogen) atoms. The number of benzene rings is 1. The first-order valence-electron chi connectivity index (χ1n) is 8.61. The lowest BCUT2D eigenvalue weighted by Gasteiger charge is -2.15. The highest BCUT2D eigenvalue weighted by Crippen LogP contribution is 2.19. The summed E-state index contributed by atoms with van der Waals surface area (Å²) in [5.74, 6) is 0.971. The number of thioether (sulfide) groups is 1. The number of phenols is 1. The summed E-state index contributed by atoms with van der Waals surface area (Å²) >= 11 is 1.29. The van der Waals surface area contributed by atoms with E-state index in [4.69, 9.17) is 0 Å². The molecule has 0 aliphatic rings. The van der Waals surface area contributed by atoms with Crippen molar-refractivity contribution in [3.63, 3.8) is 0 Å². The van der Waals surface area contributed by atoms with Gasteiger partial charge in [0.15, 0.2) is 0 Å². The van der Waals surface area contributed by atoms with Crippen LogP contribution in [0.15, 0.2) is 29.4 Å². The van der Waals surface area contributed by atoms with Gasteiger partial charge in [-0.1, -0.05) is 44.9 Å². The Morgan fingerprint density at radius 3 is 2.76 bits per heavy atom. The third-order valence-corrected chi connectivity index (χ3v) is 4.92. The predicted molar refractivity (Wildman–Crippen MR) is 97.9 cm³/mol. The summed E-state index contributed by atoms with van der Waals surface area (Å²) in [6, 6.07) is 6.57. The minimum Gasteiger partial charge on any atom is -0.508 e. The highest BCUT2D eigenvalue weighted by molar-refractivity contribution is 7.99. The third-order valence-electron chi connectivity index (χ3n) is 4.00. The smallest absolute Gasteiger partial charge is 0.230 e. The fourth-order valence-corrected chi connectivity index (χ4v) is 3.13. The number of tetrazole rings is 1. The molecular weight excluding hydrogens is 338 g/mol. The topological polar surface area (TPSA) is 92.9 Å². The molecule has 2 N–H and O–H groups in total. The van der Waals surface area contributed by atoms with Crippen LogP contribution in [-0.2, 0) is 4.79 Å². The summed E-state index contributed by atoms with van der Waals surface area (Å²) in [5, 5.41) is 24.5. The summed E-state index contributed by atoms with van der Waals surface area (Å²) in [6.07, 6.45) is 4.61. The van der Waals surface area contributed by atoms with Gasteiger partial charge in [0.05, 0.1) is 11.4 Å². The van der Waals surface area contributed by atoms with E-state index in [0.717, 1.165) is 25.1 Å². The Morgan fingerprint density at radius 1 is 1.32 bits per heavy atom. The molecule has 1 aromatic carbocycles. The average Bonchev–Trinajstić information content (AvgIpc) is 3.09. The Morgan fingerprint density at radius 2 is 2.08 bits per heavy atom. The zero-order valence-electron chi connectivity index (χ0n) is 14.7. The van der Waals surface area contributed by atoms with Crippen LogP contribution in [0.5, 0.6) is 5.75 Å². The normalized spacial score (nSPS) is 12.1. The van der Waals surface area contributed by atoms with Crippen molar-refractivity contribution in [2.24, 2.45) is 5.92 Å². The third kappa shape index (κ3) is 6.04. The molecule has 136 valence electrons. The first-order chi connectivity index (χ1) is 12.1. The number of aromatic nitrogens is 4. The van der Waals surface area contributed by atoms with Gasteiger partial charge in [0, 0.05) is 6.54 Å². The molecule has 0 aliphatic carbocycles. The van der Waals surface area contributed by atoms with E-state index in [-0.39, 0.29) is 17.4 Å². The number of phenolic OH excluding ortho intramolecular Hbond substituents is 1. The molecule has 0 saturated carbocycles. The maximum absolute atomic E-state index is 12.1. The molecule has 7 nitrogen and oxygen atoms in total. The zero-order valence-corrected chi connectivity index (χ0v) is 15.5. The molecule has 0 radical (unpaired) electrons. The molecule has 1 amide bonds. The van der Waals surface area contributed by atoms with Crippen LogP contribution >= 0.6 is 11.8 Å². The van der Waals surface area contributed by atoms with Gasteiger partial charge in [-0.05, 0) is 47.0 Å². The Kier molecular flexibility index (Phi) is 7.72. The summed E-state index contributed by atoms with van der Waals surface area (Å²) in [7, 11) is 0. The van der Waals surface area contributed by atoms with Crippen molar-refractivity contribution in [1.29, 1.82) is 0 Å². The van der Waals surface area contributed by atoms with E-state index in [1.54, 1.807) is 28.9 Å². The number of carbonyl (C=O) groups is 1. The molecular formula is C17H25N5O2S. The summed E-state index contributed by atoms with van der Waals surface area (Å²) in [6.45, 7) is 5.06. The van der Waals surface area contributed by atoms with Gasteiger partial charge in [-0.15, -0.1) is 5.10 Å². The minimum absolute atomic E-state index is 0.0137.